The monoisotopic (exact) mass is 637 g/mol. The predicted octanol–water partition coefficient (Wildman–Crippen LogP) is 5.45. The van der Waals surface area contributed by atoms with Crippen molar-refractivity contribution in [1.29, 1.82) is 0 Å². The largest absolute Gasteiger partial charge is 0.399 e. The van der Waals surface area contributed by atoms with Gasteiger partial charge in [-0.15, -0.1) is 0 Å². The van der Waals surface area contributed by atoms with E-state index in [1.165, 1.54) is 11.3 Å². The first-order valence-corrected chi connectivity index (χ1v) is 17.4. The molecule has 0 atom stereocenters. The third-order valence-corrected chi connectivity index (χ3v) is 10.7. The van der Waals surface area contributed by atoms with E-state index in [0.717, 1.165) is 80.7 Å². The van der Waals surface area contributed by atoms with Crippen LogP contribution in [0.1, 0.15) is 65.2 Å². The molecule has 3 fully saturated rings. The fourth-order valence-electron chi connectivity index (χ4n) is 7.83. The lowest BCUT2D eigenvalue weighted by Gasteiger charge is -2.50. The predicted molar refractivity (Wildman–Crippen MR) is 189 cm³/mol. The van der Waals surface area contributed by atoms with Crippen LogP contribution in [0.5, 0.6) is 0 Å². The van der Waals surface area contributed by atoms with E-state index in [9.17, 15) is 9.59 Å². The number of hydrogen-bond acceptors (Lipinski definition) is 6. The molecule has 8 nitrogen and oxygen atoms in total. The molecule has 3 aromatic rings. The minimum Gasteiger partial charge on any atom is -0.399 e. The smallest absolute Gasteiger partial charge is 0.254 e. The summed E-state index contributed by atoms with van der Waals surface area (Å²) >= 11 is 0. The molecule has 3 heterocycles. The first-order valence-electron chi connectivity index (χ1n) is 17.4. The van der Waals surface area contributed by atoms with Crippen molar-refractivity contribution < 1.29 is 14.3 Å². The topological polar surface area (TPSA) is 82.4 Å². The van der Waals surface area contributed by atoms with Gasteiger partial charge >= 0.3 is 0 Å². The lowest BCUT2D eigenvalue weighted by molar-refractivity contribution is -0.134. The van der Waals surface area contributed by atoms with E-state index in [1.54, 1.807) is 0 Å². The van der Waals surface area contributed by atoms with Crippen LogP contribution in [-0.2, 0) is 22.5 Å². The molecule has 0 bridgehead atoms. The molecule has 0 unspecified atom stereocenters. The zero-order valence-electron chi connectivity index (χ0n) is 28.4. The summed E-state index contributed by atoms with van der Waals surface area (Å²) in [5, 5.41) is 0. The molecule has 3 aromatic carbocycles. The molecule has 2 N–H and O–H groups in total. The summed E-state index contributed by atoms with van der Waals surface area (Å²) in [6, 6.07) is 23.6. The van der Waals surface area contributed by atoms with Crippen LogP contribution >= 0.6 is 0 Å². The fourth-order valence-corrected chi connectivity index (χ4v) is 7.83. The van der Waals surface area contributed by atoms with Gasteiger partial charge in [-0.3, -0.25) is 14.5 Å². The summed E-state index contributed by atoms with van der Waals surface area (Å²) in [6.45, 7) is 13.5. The Kier molecular flexibility index (Phi) is 10.2. The van der Waals surface area contributed by atoms with Gasteiger partial charge in [0.2, 0.25) is 5.91 Å². The number of anilines is 2. The van der Waals surface area contributed by atoms with Crippen molar-refractivity contribution in [3.63, 3.8) is 0 Å². The summed E-state index contributed by atoms with van der Waals surface area (Å²) < 4.78 is 5.41. The van der Waals surface area contributed by atoms with E-state index in [0.29, 0.717) is 44.5 Å². The van der Waals surface area contributed by atoms with Crippen LogP contribution in [0.4, 0.5) is 11.4 Å². The van der Waals surface area contributed by atoms with Gasteiger partial charge < -0.3 is 25.2 Å². The van der Waals surface area contributed by atoms with Crippen LogP contribution in [0.25, 0.3) is 0 Å². The van der Waals surface area contributed by atoms with Gasteiger partial charge in [0, 0.05) is 74.3 Å². The highest BCUT2D eigenvalue weighted by molar-refractivity contribution is 5.97. The number of likely N-dealkylation sites (tertiary alicyclic amines) is 2. The minimum absolute atomic E-state index is 0.0892. The molecule has 250 valence electrons. The van der Waals surface area contributed by atoms with Crippen molar-refractivity contribution >= 4 is 23.2 Å². The second-order valence-corrected chi connectivity index (χ2v) is 14.0. The Balaban J connectivity index is 1.09. The van der Waals surface area contributed by atoms with Crippen molar-refractivity contribution in [1.82, 2.24) is 14.7 Å². The van der Waals surface area contributed by atoms with E-state index in [4.69, 9.17) is 10.5 Å². The minimum atomic E-state index is 0.0892. The number of nitrogens with zero attached hydrogens (tertiary/aromatic N) is 4. The molecule has 6 rings (SSSR count). The summed E-state index contributed by atoms with van der Waals surface area (Å²) in [7, 11) is 0. The number of carbonyl (C=O) groups excluding carboxylic acids is 2. The molecule has 0 aliphatic carbocycles. The van der Waals surface area contributed by atoms with Gasteiger partial charge in [0.15, 0.2) is 0 Å². The quantitative estimate of drug-likeness (QED) is 0.331. The average Bonchev–Trinajstić information content (AvgIpc) is 3.08. The van der Waals surface area contributed by atoms with Crippen LogP contribution in [0.3, 0.4) is 0 Å². The zero-order chi connectivity index (χ0) is 33.0. The van der Waals surface area contributed by atoms with Crippen LogP contribution in [0, 0.1) is 13.8 Å². The number of rotatable bonds is 8. The molecule has 0 radical (unpaired) electrons. The Labute approximate surface area is 280 Å². The number of morpholine rings is 1. The highest BCUT2D eigenvalue weighted by atomic mass is 16.5. The van der Waals surface area contributed by atoms with Gasteiger partial charge in [-0.25, -0.2) is 0 Å². The van der Waals surface area contributed by atoms with Crippen LogP contribution < -0.4 is 10.6 Å². The molecule has 3 aliphatic heterocycles. The first kappa shape index (κ1) is 33.0. The Morgan fingerprint density at radius 3 is 2.06 bits per heavy atom. The van der Waals surface area contributed by atoms with Crippen LogP contribution in [0.2, 0.25) is 0 Å². The highest BCUT2D eigenvalue weighted by Gasteiger charge is 2.39. The van der Waals surface area contributed by atoms with E-state index < -0.39 is 0 Å². The van der Waals surface area contributed by atoms with E-state index in [-0.39, 0.29) is 17.4 Å². The zero-order valence-corrected chi connectivity index (χ0v) is 28.4. The Hall–Kier alpha value is -3.88. The number of aryl methyl sites for hydroxylation is 2. The second kappa shape index (κ2) is 14.5. The number of ether oxygens (including phenoxy) is 1. The lowest BCUT2D eigenvalue weighted by Crippen LogP contribution is -2.58. The molecule has 0 saturated carbocycles. The number of nitrogen functional groups attached to an aromatic ring is 1. The van der Waals surface area contributed by atoms with Gasteiger partial charge in [-0.05, 0) is 93.0 Å². The maximum absolute atomic E-state index is 13.5. The van der Waals surface area contributed by atoms with Crippen LogP contribution in [0.15, 0.2) is 66.7 Å². The Morgan fingerprint density at radius 1 is 0.830 bits per heavy atom. The number of carbonyl (C=O) groups is 2. The Bertz CT molecular complexity index is 1500. The molecule has 0 aromatic heterocycles. The third-order valence-electron chi connectivity index (χ3n) is 10.7. The standard InChI is InChI=1S/C39H51N5O3/c1-29-25-33(40)26-30(2)37(29)38(46)42-19-15-39(3,16-20-42)43-17-13-35(14-18-43)44(28-32-7-5-4-6-8-32)34-11-9-31(10-12-34)27-36(45)41-21-23-47-24-22-41/h4-12,25-26,35H,13-24,27-28,40H2,1-3H3. The molecule has 47 heavy (non-hydrogen) atoms. The number of hydrogen-bond donors (Lipinski definition) is 1. The Morgan fingerprint density at radius 2 is 1.45 bits per heavy atom. The van der Waals surface area contributed by atoms with E-state index in [1.807, 2.05) is 35.8 Å². The molecule has 2 amide bonds. The van der Waals surface area contributed by atoms with Gasteiger partial charge in [-0.1, -0.05) is 42.5 Å². The van der Waals surface area contributed by atoms with E-state index in [2.05, 4.69) is 71.3 Å². The third kappa shape index (κ3) is 7.65. The van der Waals surface area contributed by atoms with Crippen molar-refractivity contribution in [3.05, 3.63) is 94.5 Å². The van der Waals surface area contributed by atoms with Crippen molar-refractivity contribution in [2.45, 2.75) is 71.0 Å². The normalized spacial score (nSPS) is 19.0. The average molecular weight is 638 g/mol. The summed E-state index contributed by atoms with van der Waals surface area (Å²) in [5.74, 6) is 0.308. The first-order chi connectivity index (χ1) is 22.7. The molecular formula is C39H51N5O3. The van der Waals surface area contributed by atoms with Gasteiger partial charge in [-0.2, -0.15) is 0 Å². The summed E-state index contributed by atoms with van der Waals surface area (Å²) in [6.07, 6.45) is 4.57. The van der Waals surface area contributed by atoms with E-state index >= 15 is 0 Å². The number of amides is 2. The second-order valence-electron chi connectivity index (χ2n) is 14.0. The SMILES string of the molecule is Cc1cc(N)cc(C)c1C(=O)N1CCC(C)(N2CCC(N(Cc3ccccc3)c3ccc(CC(=O)N4CCOCC4)cc3)CC2)CC1. The van der Waals surface area contributed by atoms with Gasteiger partial charge in [0.25, 0.3) is 5.91 Å². The van der Waals surface area contributed by atoms with Gasteiger partial charge in [0.1, 0.15) is 0 Å². The number of nitrogens with two attached hydrogens (primary N) is 1. The lowest BCUT2D eigenvalue weighted by atomic mass is 9.85. The summed E-state index contributed by atoms with van der Waals surface area (Å²) in [4.78, 5) is 35.6. The molecule has 3 saturated heterocycles. The molecular weight excluding hydrogens is 586 g/mol. The van der Waals surface area contributed by atoms with Crippen LogP contribution in [-0.4, -0.2) is 90.6 Å². The molecule has 3 aliphatic rings. The summed E-state index contributed by atoms with van der Waals surface area (Å²) in [5.41, 5.74) is 13.1. The highest BCUT2D eigenvalue weighted by Crippen LogP contribution is 2.35. The number of piperidine rings is 2. The molecule has 8 heteroatoms. The van der Waals surface area contributed by atoms with Crippen molar-refractivity contribution in [2.75, 3.05) is 63.1 Å². The maximum Gasteiger partial charge on any atom is 0.254 e. The maximum atomic E-state index is 13.5. The fraction of sp³-hybridized carbons (Fsp3) is 0.487. The van der Waals surface area contributed by atoms with Crippen molar-refractivity contribution in [2.24, 2.45) is 0 Å². The molecule has 0 spiro atoms. The number of benzene rings is 3. The van der Waals surface area contributed by atoms with Crippen molar-refractivity contribution in [3.8, 4) is 0 Å². The van der Waals surface area contributed by atoms with Gasteiger partial charge in [0.05, 0.1) is 19.6 Å².